The van der Waals surface area contributed by atoms with Crippen LogP contribution in [0.15, 0.2) is 37.2 Å². The molecule has 0 saturated heterocycles. The number of aliphatic hydroxyl groups excluding tert-OH is 1. The van der Waals surface area contributed by atoms with Crippen LogP contribution in [-0.2, 0) is 12.8 Å². The summed E-state index contributed by atoms with van der Waals surface area (Å²) in [6, 6.07) is 2.57. The average Bonchev–Trinajstić information content (AvgIpc) is 3.37. The summed E-state index contributed by atoms with van der Waals surface area (Å²) in [4.78, 5) is 16.0. The molecule has 0 radical (unpaired) electrons. The molecule has 168 valence electrons. The van der Waals surface area contributed by atoms with Gasteiger partial charge in [-0.05, 0) is 25.0 Å². The minimum atomic E-state index is -4.56. The molecule has 0 atom stereocenters. The first-order chi connectivity index (χ1) is 15.9. The fourth-order valence-corrected chi connectivity index (χ4v) is 3.87. The maximum Gasteiger partial charge on any atom is 0.433 e. The van der Waals surface area contributed by atoms with Gasteiger partial charge in [-0.3, -0.25) is 0 Å². The fraction of sp³-hybridized carbons (Fsp3) is 0.250. The zero-order valence-electron chi connectivity index (χ0n) is 16.8. The molecule has 1 aliphatic carbocycles. The second-order valence-corrected chi connectivity index (χ2v) is 8.38. The molecule has 0 spiro atoms. The van der Waals surface area contributed by atoms with Crippen molar-refractivity contribution in [2.75, 3.05) is 0 Å². The maximum absolute atomic E-state index is 13.4. The number of pyridine rings is 1. The third kappa shape index (κ3) is 4.64. The van der Waals surface area contributed by atoms with Crippen molar-refractivity contribution in [2.24, 2.45) is 0 Å². The Hall–Kier alpha value is -3.58. The third-order valence-corrected chi connectivity index (χ3v) is 5.80. The lowest BCUT2D eigenvalue weighted by atomic mass is 10.1. The van der Waals surface area contributed by atoms with Gasteiger partial charge in [0.25, 0.3) is 0 Å². The van der Waals surface area contributed by atoms with Gasteiger partial charge < -0.3 is 5.11 Å². The lowest BCUT2D eigenvalue weighted by Crippen LogP contribution is -2.10. The third-order valence-electron chi connectivity index (χ3n) is 4.86. The van der Waals surface area contributed by atoms with Crippen LogP contribution in [0.3, 0.4) is 0 Å². The van der Waals surface area contributed by atoms with Crippen LogP contribution in [0.2, 0.25) is 0 Å². The molecule has 4 aromatic rings. The van der Waals surface area contributed by atoms with E-state index in [2.05, 4.69) is 35.2 Å². The van der Waals surface area contributed by atoms with Crippen molar-refractivity contribution in [1.29, 1.82) is 0 Å². The largest absolute Gasteiger partial charge is 0.433 e. The molecule has 1 fully saturated rings. The van der Waals surface area contributed by atoms with Gasteiger partial charge in [0.05, 0.1) is 6.61 Å². The smallest absolute Gasteiger partial charge is 0.389 e. The zero-order chi connectivity index (χ0) is 23.0. The highest BCUT2D eigenvalue weighted by Crippen LogP contribution is 2.41. The predicted molar refractivity (Wildman–Crippen MR) is 111 cm³/mol. The molecule has 13 heteroatoms. The molecule has 9 nitrogen and oxygen atoms in total. The Balaban J connectivity index is 1.55. The van der Waals surface area contributed by atoms with Crippen LogP contribution in [-0.4, -0.2) is 45.0 Å². The van der Waals surface area contributed by atoms with E-state index < -0.39 is 11.9 Å². The first-order valence-electron chi connectivity index (χ1n) is 9.82. The second kappa shape index (κ2) is 8.41. The molecule has 0 bridgehead atoms. The Labute approximate surface area is 188 Å². The summed E-state index contributed by atoms with van der Waals surface area (Å²) >= 11 is 1.18. The molecule has 1 N–H and O–H groups in total. The lowest BCUT2D eigenvalue weighted by molar-refractivity contribution is -0.141. The molecule has 5 rings (SSSR count). The van der Waals surface area contributed by atoms with E-state index in [0.717, 1.165) is 18.9 Å². The predicted octanol–water partition coefficient (Wildman–Crippen LogP) is 3.42. The Bertz CT molecular complexity index is 1310. The van der Waals surface area contributed by atoms with Gasteiger partial charge in [-0.15, -0.1) is 15.3 Å². The van der Waals surface area contributed by atoms with Gasteiger partial charge in [0, 0.05) is 46.9 Å². The highest BCUT2D eigenvalue weighted by molar-refractivity contribution is 7.12. The van der Waals surface area contributed by atoms with E-state index in [1.807, 2.05) is 0 Å². The Morgan fingerprint density at radius 2 is 1.97 bits per heavy atom. The average molecular weight is 472 g/mol. The summed E-state index contributed by atoms with van der Waals surface area (Å²) < 4.78 is 41.5. The van der Waals surface area contributed by atoms with E-state index in [1.165, 1.54) is 28.7 Å². The monoisotopic (exact) mass is 472 g/mol. The van der Waals surface area contributed by atoms with Gasteiger partial charge >= 0.3 is 6.18 Å². The van der Waals surface area contributed by atoms with Crippen LogP contribution in [0.4, 0.5) is 13.2 Å². The lowest BCUT2D eigenvalue weighted by Gasteiger charge is -2.09. The Kier molecular flexibility index (Phi) is 5.42. The van der Waals surface area contributed by atoms with Crippen molar-refractivity contribution < 1.29 is 18.3 Å². The first-order valence-corrected chi connectivity index (χ1v) is 10.6. The van der Waals surface area contributed by atoms with Crippen molar-refractivity contribution in [1.82, 2.24) is 39.9 Å². The summed E-state index contributed by atoms with van der Waals surface area (Å²) in [5.41, 5.74) is 0.873. The number of hydrogen-bond donors (Lipinski definition) is 1. The van der Waals surface area contributed by atoms with Crippen LogP contribution >= 0.6 is 11.3 Å². The molecule has 4 aromatic heterocycles. The SMILES string of the molecule is OCc1nnc(C(=Cn2cnc(-c3cc(C4CC4)nc(C(F)(F)F)c3)n2)c2cncnc2)s1. The number of nitrogens with zero attached hydrogens (tertiary/aromatic N) is 8. The van der Waals surface area contributed by atoms with Gasteiger partial charge in [0.1, 0.15) is 28.4 Å². The van der Waals surface area contributed by atoms with Gasteiger partial charge in [0.2, 0.25) is 0 Å². The molecule has 4 heterocycles. The fourth-order valence-electron chi connectivity index (χ4n) is 3.13. The quantitative estimate of drug-likeness (QED) is 0.454. The van der Waals surface area contributed by atoms with E-state index in [9.17, 15) is 18.3 Å². The molecule has 33 heavy (non-hydrogen) atoms. The summed E-state index contributed by atoms with van der Waals surface area (Å²) in [7, 11) is 0. The first kappa shape index (κ1) is 21.3. The summed E-state index contributed by atoms with van der Waals surface area (Å²) in [5, 5.41) is 22.6. The summed E-state index contributed by atoms with van der Waals surface area (Å²) in [6.07, 6.45) is 4.60. The van der Waals surface area contributed by atoms with Crippen LogP contribution < -0.4 is 0 Å². The molecular weight excluding hydrogens is 457 g/mol. The Morgan fingerprint density at radius 3 is 2.64 bits per heavy atom. The molecule has 1 saturated carbocycles. The molecule has 1 aliphatic rings. The second-order valence-electron chi connectivity index (χ2n) is 7.32. The number of aromatic nitrogens is 8. The van der Waals surface area contributed by atoms with E-state index in [4.69, 9.17) is 0 Å². The normalized spacial score (nSPS) is 14.6. The van der Waals surface area contributed by atoms with Crippen LogP contribution in [0.5, 0.6) is 0 Å². The number of halogens is 3. The standard InChI is InChI=1S/C20H15F3N8OS/c21-20(22,23)16-4-12(3-15(27-16)11-1-2-11)18-26-10-31(30-18)7-14(13-5-24-9-25-6-13)19-29-28-17(8-32)33-19/h3-7,9-11,32H,1-2,8H2. The van der Waals surface area contributed by atoms with Crippen LogP contribution in [0.1, 0.15) is 45.7 Å². The van der Waals surface area contributed by atoms with E-state index in [1.54, 1.807) is 24.7 Å². The van der Waals surface area contributed by atoms with Crippen molar-refractivity contribution in [2.45, 2.75) is 31.5 Å². The summed E-state index contributed by atoms with van der Waals surface area (Å²) in [5.74, 6) is 0.175. The van der Waals surface area contributed by atoms with Crippen LogP contribution in [0.25, 0.3) is 23.2 Å². The van der Waals surface area contributed by atoms with Crippen molar-refractivity contribution in [3.8, 4) is 11.4 Å². The van der Waals surface area contributed by atoms with E-state index in [-0.39, 0.29) is 23.9 Å². The summed E-state index contributed by atoms with van der Waals surface area (Å²) in [6.45, 7) is -0.253. The zero-order valence-corrected chi connectivity index (χ0v) is 17.6. The topological polar surface area (TPSA) is 115 Å². The molecule has 0 aromatic carbocycles. The van der Waals surface area contributed by atoms with Gasteiger partial charge in [-0.1, -0.05) is 11.3 Å². The van der Waals surface area contributed by atoms with Crippen LogP contribution in [0, 0.1) is 0 Å². The van der Waals surface area contributed by atoms with Crippen molar-refractivity contribution in [3.05, 3.63) is 64.1 Å². The number of rotatable bonds is 6. The van der Waals surface area contributed by atoms with E-state index >= 15 is 0 Å². The van der Waals surface area contributed by atoms with E-state index in [0.29, 0.717) is 26.8 Å². The van der Waals surface area contributed by atoms with Gasteiger partial charge in [-0.25, -0.2) is 24.6 Å². The molecule has 0 unspecified atom stereocenters. The number of hydrogen-bond acceptors (Lipinski definition) is 9. The molecule has 0 amide bonds. The van der Waals surface area contributed by atoms with Crippen molar-refractivity contribution >= 4 is 23.1 Å². The minimum Gasteiger partial charge on any atom is -0.389 e. The maximum atomic E-state index is 13.4. The molecular formula is C20H15F3N8OS. The number of alkyl halides is 3. The Morgan fingerprint density at radius 1 is 1.18 bits per heavy atom. The highest BCUT2D eigenvalue weighted by Gasteiger charge is 2.35. The molecule has 0 aliphatic heterocycles. The van der Waals surface area contributed by atoms with Gasteiger partial charge in [-0.2, -0.15) is 13.2 Å². The minimum absolute atomic E-state index is 0.0378. The highest BCUT2D eigenvalue weighted by atomic mass is 32.1. The van der Waals surface area contributed by atoms with Gasteiger partial charge in [0.15, 0.2) is 5.82 Å². The number of aliphatic hydroxyl groups is 1. The van der Waals surface area contributed by atoms with Crippen molar-refractivity contribution in [3.63, 3.8) is 0 Å².